The zero-order valence-electron chi connectivity index (χ0n) is 10.9. The van der Waals surface area contributed by atoms with Gasteiger partial charge >= 0.3 is 0 Å². The normalized spacial score (nSPS) is 10.9. The van der Waals surface area contributed by atoms with Gasteiger partial charge in [-0.25, -0.2) is 4.98 Å². The molecule has 3 rings (SSSR count). The summed E-state index contributed by atoms with van der Waals surface area (Å²) in [5, 5.41) is 0. The van der Waals surface area contributed by atoms with Gasteiger partial charge in [-0.2, -0.15) is 4.98 Å². The lowest BCUT2D eigenvalue weighted by atomic mass is 10.2. The number of methoxy groups -OCH3 is 1. The van der Waals surface area contributed by atoms with Crippen molar-refractivity contribution in [2.24, 2.45) is 0 Å². The molecule has 0 amide bonds. The minimum atomic E-state index is 0.441. The van der Waals surface area contributed by atoms with Crippen LogP contribution in [0.2, 0.25) is 0 Å². The molecule has 0 saturated carbocycles. The van der Waals surface area contributed by atoms with Gasteiger partial charge in [0.15, 0.2) is 5.65 Å². The van der Waals surface area contributed by atoms with Gasteiger partial charge in [0.1, 0.15) is 5.52 Å². The maximum atomic E-state index is 6.00. The molecule has 2 heterocycles. The average Bonchev–Trinajstić information content (AvgIpc) is 2.77. The molecule has 20 heavy (non-hydrogen) atoms. The quantitative estimate of drug-likeness (QED) is 0.800. The van der Waals surface area contributed by atoms with E-state index in [2.05, 4.69) is 25.9 Å². The highest BCUT2D eigenvalue weighted by atomic mass is 79.9. The van der Waals surface area contributed by atoms with Gasteiger partial charge in [0.2, 0.25) is 11.8 Å². The molecule has 102 valence electrons. The van der Waals surface area contributed by atoms with E-state index in [4.69, 9.17) is 10.5 Å². The van der Waals surface area contributed by atoms with Crippen LogP contribution in [0.15, 0.2) is 40.9 Å². The number of nitrogen functional groups attached to an aromatic ring is 1. The first-order chi connectivity index (χ1) is 9.69. The second-order valence-electron chi connectivity index (χ2n) is 4.34. The van der Waals surface area contributed by atoms with Crippen molar-refractivity contribution >= 4 is 33.0 Å². The number of imidazole rings is 1. The summed E-state index contributed by atoms with van der Waals surface area (Å²) in [4.78, 5) is 8.74. The monoisotopic (exact) mass is 332 g/mol. The third kappa shape index (κ3) is 2.22. The van der Waals surface area contributed by atoms with E-state index >= 15 is 0 Å². The molecular formula is C14H13BrN4O. The van der Waals surface area contributed by atoms with Crippen LogP contribution in [0.4, 0.5) is 5.95 Å². The predicted octanol–water partition coefficient (Wildman–Crippen LogP) is 2.83. The molecule has 0 fully saturated rings. The number of anilines is 1. The SMILES string of the molecule is COc1ccc2nc(N)n(Cc3ccccc3Br)c2n1. The largest absolute Gasteiger partial charge is 0.481 e. The predicted molar refractivity (Wildman–Crippen MR) is 81.7 cm³/mol. The van der Waals surface area contributed by atoms with E-state index in [1.165, 1.54) is 0 Å². The molecule has 0 bridgehead atoms. The van der Waals surface area contributed by atoms with Crippen molar-refractivity contribution in [3.63, 3.8) is 0 Å². The first kappa shape index (κ1) is 12.9. The maximum Gasteiger partial charge on any atom is 0.215 e. The highest BCUT2D eigenvalue weighted by Gasteiger charge is 2.12. The Morgan fingerprint density at radius 3 is 2.75 bits per heavy atom. The van der Waals surface area contributed by atoms with E-state index in [0.29, 0.717) is 18.4 Å². The van der Waals surface area contributed by atoms with E-state index in [-0.39, 0.29) is 0 Å². The lowest BCUT2D eigenvalue weighted by Gasteiger charge is -2.08. The van der Waals surface area contributed by atoms with Gasteiger partial charge in [0.25, 0.3) is 0 Å². The number of hydrogen-bond donors (Lipinski definition) is 1. The summed E-state index contributed by atoms with van der Waals surface area (Å²) in [5.41, 5.74) is 8.59. The van der Waals surface area contributed by atoms with Gasteiger partial charge in [-0.3, -0.25) is 4.57 Å². The van der Waals surface area contributed by atoms with Gasteiger partial charge in [-0.05, 0) is 17.7 Å². The van der Waals surface area contributed by atoms with E-state index in [0.717, 1.165) is 21.2 Å². The summed E-state index contributed by atoms with van der Waals surface area (Å²) >= 11 is 3.54. The van der Waals surface area contributed by atoms with Crippen molar-refractivity contribution in [2.75, 3.05) is 12.8 Å². The minimum absolute atomic E-state index is 0.441. The highest BCUT2D eigenvalue weighted by molar-refractivity contribution is 9.10. The molecule has 3 aromatic rings. The molecule has 1 aromatic carbocycles. The van der Waals surface area contributed by atoms with Crippen LogP contribution in [0.3, 0.4) is 0 Å². The molecule has 5 nitrogen and oxygen atoms in total. The number of ether oxygens (including phenoxy) is 1. The summed E-state index contributed by atoms with van der Waals surface area (Å²) in [6.45, 7) is 0.601. The van der Waals surface area contributed by atoms with Crippen LogP contribution in [0, 0.1) is 0 Å². The Kier molecular flexibility index (Phi) is 3.31. The number of rotatable bonds is 3. The number of halogens is 1. The molecule has 0 aliphatic heterocycles. The molecule has 6 heteroatoms. The fourth-order valence-electron chi connectivity index (χ4n) is 2.07. The second kappa shape index (κ2) is 5.13. The lowest BCUT2D eigenvalue weighted by molar-refractivity contribution is 0.399. The fraction of sp³-hybridized carbons (Fsp3) is 0.143. The van der Waals surface area contributed by atoms with Gasteiger partial charge < -0.3 is 10.5 Å². The van der Waals surface area contributed by atoms with Crippen molar-refractivity contribution in [3.8, 4) is 5.88 Å². The first-order valence-electron chi connectivity index (χ1n) is 6.09. The molecule has 0 aliphatic carbocycles. The Balaban J connectivity index is 2.11. The zero-order chi connectivity index (χ0) is 14.1. The molecular weight excluding hydrogens is 320 g/mol. The Morgan fingerprint density at radius 1 is 1.20 bits per heavy atom. The lowest BCUT2D eigenvalue weighted by Crippen LogP contribution is -2.06. The summed E-state index contributed by atoms with van der Waals surface area (Å²) in [6.07, 6.45) is 0. The molecule has 2 N–H and O–H groups in total. The van der Waals surface area contributed by atoms with Crippen molar-refractivity contribution in [2.45, 2.75) is 6.54 Å². The van der Waals surface area contributed by atoms with Gasteiger partial charge in [0.05, 0.1) is 13.7 Å². The number of nitrogens with zero attached hydrogens (tertiary/aromatic N) is 3. The van der Waals surface area contributed by atoms with Crippen LogP contribution in [0.1, 0.15) is 5.56 Å². The van der Waals surface area contributed by atoms with Gasteiger partial charge in [0, 0.05) is 10.5 Å². The number of pyridine rings is 1. The van der Waals surface area contributed by atoms with Crippen LogP contribution in [-0.2, 0) is 6.54 Å². The second-order valence-corrected chi connectivity index (χ2v) is 5.20. The van der Waals surface area contributed by atoms with E-state index in [1.54, 1.807) is 13.2 Å². The number of hydrogen-bond acceptors (Lipinski definition) is 4. The minimum Gasteiger partial charge on any atom is -0.481 e. The third-order valence-electron chi connectivity index (χ3n) is 3.09. The number of aromatic nitrogens is 3. The Bertz CT molecular complexity index is 769. The standard InChI is InChI=1S/C14H13BrN4O/c1-20-12-7-6-11-13(18-12)19(14(16)17-11)8-9-4-2-3-5-10(9)15/h2-7H,8H2,1H3,(H2,16,17). The van der Waals surface area contributed by atoms with E-state index in [9.17, 15) is 0 Å². The van der Waals surface area contributed by atoms with E-state index < -0.39 is 0 Å². The molecule has 2 aromatic heterocycles. The summed E-state index contributed by atoms with van der Waals surface area (Å²) in [5.74, 6) is 0.988. The molecule has 0 atom stereocenters. The van der Waals surface area contributed by atoms with Gasteiger partial charge in [-0.15, -0.1) is 0 Å². The highest BCUT2D eigenvalue weighted by Crippen LogP contribution is 2.23. The fourth-order valence-corrected chi connectivity index (χ4v) is 2.48. The molecule has 0 radical (unpaired) electrons. The van der Waals surface area contributed by atoms with E-state index in [1.807, 2.05) is 34.9 Å². The average molecular weight is 333 g/mol. The smallest absolute Gasteiger partial charge is 0.215 e. The number of nitrogens with two attached hydrogens (primary N) is 1. The maximum absolute atomic E-state index is 6.00. The zero-order valence-corrected chi connectivity index (χ0v) is 12.5. The van der Waals surface area contributed by atoms with Crippen LogP contribution in [0.25, 0.3) is 11.2 Å². The summed E-state index contributed by atoms with van der Waals surface area (Å²) in [7, 11) is 1.59. The molecule has 0 spiro atoms. The van der Waals surface area contributed by atoms with Crippen molar-refractivity contribution in [1.82, 2.24) is 14.5 Å². The van der Waals surface area contributed by atoms with Gasteiger partial charge in [-0.1, -0.05) is 34.1 Å². The third-order valence-corrected chi connectivity index (χ3v) is 3.87. The van der Waals surface area contributed by atoms with Crippen LogP contribution in [0.5, 0.6) is 5.88 Å². The van der Waals surface area contributed by atoms with Crippen LogP contribution in [-0.4, -0.2) is 21.6 Å². The van der Waals surface area contributed by atoms with Crippen molar-refractivity contribution in [1.29, 1.82) is 0 Å². The van der Waals surface area contributed by atoms with Crippen molar-refractivity contribution in [3.05, 3.63) is 46.4 Å². The van der Waals surface area contributed by atoms with Crippen LogP contribution < -0.4 is 10.5 Å². The molecule has 0 aliphatic rings. The summed E-state index contributed by atoms with van der Waals surface area (Å²) < 4.78 is 8.06. The molecule has 0 saturated heterocycles. The topological polar surface area (TPSA) is 66.0 Å². The van der Waals surface area contributed by atoms with Crippen molar-refractivity contribution < 1.29 is 4.74 Å². The Labute approximate surface area is 124 Å². The molecule has 0 unspecified atom stereocenters. The summed E-state index contributed by atoms with van der Waals surface area (Å²) in [6, 6.07) is 11.6. The number of fused-ring (bicyclic) bond motifs is 1. The first-order valence-corrected chi connectivity index (χ1v) is 6.88. The Morgan fingerprint density at radius 2 is 2.00 bits per heavy atom. The number of benzene rings is 1. The van der Waals surface area contributed by atoms with Crippen LogP contribution >= 0.6 is 15.9 Å². The Hall–Kier alpha value is -2.08.